The fourth-order valence-corrected chi connectivity index (χ4v) is 4.04. The van der Waals surface area contributed by atoms with Gasteiger partial charge in [0, 0.05) is 18.7 Å². The standard InChI is InChI=1S/C20H23N3O3/c24-18-16-9-2-3-10-17(16)20(26)23(21-18)15-8-6-7-14(13-15)19(25)22-11-4-1-5-12-22/h2-3,6-8,13,16-17H,1,4-5,9-12H2,(H,21,24)/t16-,17+/m1/s1. The van der Waals surface area contributed by atoms with Crippen LogP contribution in [0.5, 0.6) is 0 Å². The van der Waals surface area contributed by atoms with Crippen molar-refractivity contribution in [2.24, 2.45) is 11.8 Å². The average Bonchev–Trinajstić information content (AvgIpc) is 2.71. The molecule has 136 valence electrons. The number of nitrogens with zero attached hydrogens (tertiary/aromatic N) is 2. The van der Waals surface area contributed by atoms with Gasteiger partial charge in [0.25, 0.3) is 5.91 Å². The lowest BCUT2D eigenvalue weighted by Crippen LogP contribution is -2.59. The highest BCUT2D eigenvalue weighted by atomic mass is 16.2. The molecule has 6 nitrogen and oxygen atoms in total. The molecule has 2 heterocycles. The predicted octanol–water partition coefficient (Wildman–Crippen LogP) is 2.27. The summed E-state index contributed by atoms with van der Waals surface area (Å²) in [5.74, 6) is -0.869. The van der Waals surface area contributed by atoms with Crippen LogP contribution in [0, 0.1) is 11.8 Å². The van der Waals surface area contributed by atoms with Crippen molar-refractivity contribution in [3.05, 3.63) is 42.0 Å². The molecule has 0 bridgehead atoms. The number of benzene rings is 1. The first-order chi connectivity index (χ1) is 12.6. The Morgan fingerprint density at radius 1 is 1.00 bits per heavy atom. The fraction of sp³-hybridized carbons (Fsp3) is 0.450. The molecule has 0 radical (unpaired) electrons. The van der Waals surface area contributed by atoms with Gasteiger partial charge in [-0.2, -0.15) is 0 Å². The summed E-state index contributed by atoms with van der Waals surface area (Å²) in [4.78, 5) is 39.9. The van der Waals surface area contributed by atoms with Crippen LogP contribution in [0.2, 0.25) is 0 Å². The maximum Gasteiger partial charge on any atom is 0.253 e. The van der Waals surface area contributed by atoms with E-state index in [9.17, 15) is 14.4 Å². The second-order valence-corrected chi connectivity index (χ2v) is 7.21. The van der Waals surface area contributed by atoms with Crippen molar-refractivity contribution in [1.82, 2.24) is 10.3 Å². The molecule has 2 fully saturated rings. The van der Waals surface area contributed by atoms with Crippen LogP contribution >= 0.6 is 0 Å². The molecule has 2 aliphatic heterocycles. The van der Waals surface area contributed by atoms with Gasteiger partial charge >= 0.3 is 0 Å². The quantitative estimate of drug-likeness (QED) is 0.829. The van der Waals surface area contributed by atoms with Gasteiger partial charge < -0.3 is 4.90 Å². The van der Waals surface area contributed by atoms with E-state index in [1.807, 2.05) is 17.1 Å². The molecule has 0 unspecified atom stereocenters. The highest BCUT2D eigenvalue weighted by Crippen LogP contribution is 2.32. The lowest BCUT2D eigenvalue weighted by molar-refractivity contribution is -0.139. The molecule has 0 aromatic heterocycles. The van der Waals surface area contributed by atoms with Gasteiger partial charge in [-0.3, -0.25) is 19.8 Å². The van der Waals surface area contributed by atoms with E-state index in [1.54, 1.807) is 24.3 Å². The zero-order chi connectivity index (χ0) is 18.1. The van der Waals surface area contributed by atoms with E-state index in [0.29, 0.717) is 24.1 Å². The van der Waals surface area contributed by atoms with E-state index in [0.717, 1.165) is 32.4 Å². The van der Waals surface area contributed by atoms with E-state index < -0.39 is 0 Å². The number of piperidine rings is 1. The Morgan fingerprint density at radius 2 is 1.73 bits per heavy atom. The number of anilines is 1. The van der Waals surface area contributed by atoms with E-state index >= 15 is 0 Å². The molecule has 4 rings (SSSR count). The van der Waals surface area contributed by atoms with Crippen molar-refractivity contribution >= 4 is 23.4 Å². The summed E-state index contributed by atoms with van der Waals surface area (Å²) in [6.07, 6.45) is 8.33. The third-order valence-corrected chi connectivity index (χ3v) is 5.52. The van der Waals surface area contributed by atoms with Crippen molar-refractivity contribution in [2.45, 2.75) is 32.1 Å². The number of carbonyl (C=O) groups is 3. The maximum absolute atomic E-state index is 12.9. The average molecular weight is 353 g/mol. The van der Waals surface area contributed by atoms with Gasteiger partial charge in [0.05, 0.1) is 17.5 Å². The van der Waals surface area contributed by atoms with Crippen LogP contribution in [0.3, 0.4) is 0 Å². The Hall–Kier alpha value is -2.63. The minimum Gasteiger partial charge on any atom is -0.339 e. The summed E-state index contributed by atoms with van der Waals surface area (Å²) in [5.41, 5.74) is 3.81. The molecule has 1 N–H and O–H groups in total. The first kappa shape index (κ1) is 16.8. The van der Waals surface area contributed by atoms with Gasteiger partial charge in [0.1, 0.15) is 0 Å². The van der Waals surface area contributed by atoms with Crippen LogP contribution in [0.4, 0.5) is 5.69 Å². The molecule has 1 aromatic rings. The monoisotopic (exact) mass is 353 g/mol. The third kappa shape index (κ3) is 3.00. The summed E-state index contributed by atoms with van der Waals surface area (Å²) >= 11 is 0. The number of carbonyl (C=O) groups excluding carboxylic acids is 3. The molecule has 2 atom stereocenters. The van der Waals surface area contributed by atoms with Crippen LogP contribution < -0.4 is 10.4 Å². The Balaban J connectivity index is 1.58. The number of hydrogen-bond acceptors (Lipinski definition) is 3. The summed E-state index contributed by atoms with van der Waals surface area (Å²) in [7, 11) is 0. The van der Waals surface area contributed by atoms with E-state index in [2.05, 4.69) is 5.43 Å². The van der Waals surface area contributed by atoms with Crippen LogP contribution in [-0.2, 0) is 9.59 Å². The zero-order valence-electron chi connectivity index (χ0n) is 14.7. The molecule has 3 aliphatic rings. The van der Waals surface area contributed by atoms with Crippen LogP contribution in [0.25, 0.3) is 0 Å². The third-order valence-electron chi connectivity index (χ3n) is 5.52. The van der Waals surface area contributed by atoms with Gasteiger partial charge in [-0.1, -0.05) is 18.2 Å². The Kier molecular flexibility index (Phi) is 4.49. The molecule has 6 heteroatoms. The van der Waals surface area contributed by atoms with Crippen molar-refractivity contribution in [3.8, 4) is 0 Å². The van der Waals surface area contributed by atoms with Gasteiger partial charge in [-0.25, -0.2) is 5.01 Å². The largest absolute Gasteiger partial charge is 0.339 e. The normalized spacial score (nSPS) is 25.7. The number of nitrogens with one attached hydrogen (secondary N) is 1. The van der Waals surface area contributed by atoms with Crippen molar-refractivity contribution in [3.63, 3.8) is 0 Å². The molecular weight excluding hydrogens is 330 g/mol. The molecule has 0 spiro atoms. The van der Waals surface area contributed by atoms with Crippen LogP contribution in [0.15, 0.2) is 36.4 Å². The topological polar surface area (TPSA) is 69.7 Å². The maximum atomic E-state index is 12.9. The summed E-state index contributed by atoms with van der Waals surface area (Å²) in [5, 5.41) is 1.32. The van der Waals surface area contributed by atoms with Crippen molar-refractivity contribution in [2.75, 3.05) is 18.1 Å². The molecule has 1 aliphatic carbocycles. The van der Waals surface area contributed by atoms with Crippen molar-refractivity contribution < 1.29 is 14.4 Å². The van der Waals surface area contributed by atoms with Crippen LogP contribution in [-0.4, -0.2) is 35.7 Å². The van der Waals surface area contributed by atoms with E-state index in [1.165, 1.54) is 5.01 Å². The lowest BCUT2D eigenvalue weighted by atomic mass is 9.80. The molecule has 26 heavy (non-hydrogen) atoms. The number of hydrogen-bond donors (Lipinski definition) is 1. The number of likely N-dealkylation sites (tertiary alicyclic amines) is 1. The molecule has 1 aromatic carbocycles. The number of fused-ring (bicyclic) bond motifs is 1. The number of rotatable bonds is 2. The Labute approximate surface area is 152 Å². The Morgan fingerprint density at radius 3 is 2.50 bits per heavy atom. The lowest BCUT2D eigenvalue weighted by Gasteiger charge is -2.38. The SMILES string of the molecule is O=C1NN(c2cccc(C(=O)N3CCCCC3)c2)C(=O)[C@H]2CC=CC[C@@H]12. The minimum atomic E-state index is -0.324. The summed E-state index contributed by atoms with van der Waals surface area (Å²) in [6.45, 7) is 1.55. The van der Waals surface area contributed by atoms with E-state index in [-0.39, 0.29) is 29.6 Å². The Bertz CT molecular complexity index is 767. The minimum absolute atomic E-state index is 0.0131. The summed E-state index contributed by atoms with van der Waals surface area (Å²) < 4.78 is 0. The number of hydrazine groups is 1. The zero-order valence-corrected chi connectivity index (χ0v) is 14.7. The second-order valence-electron chi connectivity index (χ2n) is 7.21. The predicted molar refractivity (Wildman–Crippen MR) is 97.2 cm³/mol. The number of allylic oxidation sites excluding steroid dienone is 2. The molecule has 2 saturated heterocycles. The fourth-order valence-electron chi connectivity index (χ4n) is 4.04. The molecular formula is C20H23N3O3. The van der Waals surface area contributed by atoms with E-state index in [4.69, 9.17) is 0 Å². The van der Waals surface area contributed by atoms with Gasteiger partial charge in [-0.15, -0.1) is 0 Å². The smallest absolute Gasteiger partial charge is 0.253 e. The van der Waals surface area contributed by atoms with Crippen LogP contribution in [0.1, 0.15) is 42.5 Å². The second kappa shape index (κ2) is 6.94. The highest BCUT2D eigenvalue weighted by molar-refractivity contribution is 6.05. The van der Waals surface area contributed by atoms with Crippen molar-refractivity contribution in [1.29, 1.82) is 0 Å². The van der Waals surface area contributed by atoms with Gasteiger partial charge in [0.2, 0.25) is 11.8 Å². The van der Waals surface area contributed by atoms with Gasteiger partial charge in [0.15, 0.2) is 0 Å². The molecule has 3 amide bonds. The first-order valence-electron chi connectivity index (χ1n) is 9.34. The molecule has 0 saturated carbocycles. The summed E-state index contributed by atoms with van der Waals surface area (Å²) in [6, 6.07) is 6.99. The van der Waals surface area contributed by atoms with Gasteiger partial charge in [-0.05, 0) is 50.3 Å². The number of amides is 3. The first-order valence-corrected chi connectivity index (χ1v) is 9.34. The highest BCUT2D eigenvalue weighted by Gasteiger charge is 2.42.